The van der Waals surface area contributed by atoms with Crippen LogP contribution in [0.4, 0.5) is 5.69 Å². The van der Waals surface area contributed by atoms with Crippen LogP contribution in [0.5, 0.6) is 0 Å². The smallest absolute Gasteiger partial charge is 0.0699 e. The Morgan fingerprint density at radius 3 is 1.94 bits per heavy atom. The number of hydrogen-bond acceptors (Lipinski definition) is 2. The number of benzene rings is 1. The maximum Gasteiger partial charge on any atom is 0.0699 e. The van der Waals surface area contributed by atoms with Crippen molar-refractivity contribution in [2.24, 2.45) is 4.99 Å². The van der Waals surface area contributed by atoms with Gasteiger partial charge in [-0.1, -0.05) is 45.9 Å². The van der Waals surface area contributed by atoms with Gasteiger partial charge in [0.25, 0.3) is 0 Å². The van der Waals surface area contributed by atoms with Crippen LogP contribution >= 0.6 is 0 Å². The Balaban J connectivity index is 3.34. The fourth-order valence-corrected chi connectivity index (χ4v) is 1.77. The summed E-state index contributed by atoms with van der Waals surface area (Å²) in [5.74, 6) is 0.910. The number of rotatable bonds is 4. The van der Waals surface area contributed by atoms with E-state index in [1.54, 1.807) is 6.21 Å². The predicted molar refractivity (Wildman–Crippen MR) is 71.6 cm³/mol. The molecule has 1 aromatic rings. The van der Waals surface area contributed by atoms with E-state index in [-0.39, 0.29) is 0 Å². The van der Waals surface area contributed by atoms with E-state index in [0.29, 0.717) is 11.8 Å². The maximum absolute atomic E-state index is 7.03. The number of nitrogens with one attached hydrogen (secondary N) is 1. The summed E-state index contributed by atoms with van der Waals surface area (Å²) in [6, 6.07) is 6.33. The van der Waals surface area contributed by atoms with Gasteiger partial charge in [-0.3, -0.25) is 4.99 Å². The average Bonchev–Trinajstić information content (AvgIpc) is 2.25. The first-order chi connectivity index (χ1) is 7.57. The molecule has 0 aliphatic rings. The van der Waals surface area contributed by atoms with Crippen LogP contribution in [0.15, 0.2) is 23.2 Å². The Kier molecular flexibility index (Phi) is 4.41. The summed E-state index contributed by atoms with van der Waals surface area (Å²) in [5, 5.41) is 7.03. The third-order valence-corrected chi connectivity index (χ3v) is 2.62. The van der Waals surface area contributed by atoms with Crippen molar-refractivity contribution in [2.45, 2.75) is 39.5 Å². The first kappa shape index (κ1) is 12.6. The molecule has 0 amide bonds. The molecule has 0 aliphatic carbocycles. The molecule has 2 heteroatoms. The zero-order valence-corrected chi connectivity index (χ0v) is 10.5. The minimum atomic E-state index is 0.455. The molecule has 0 saturated heterocycles. The highest BCUT2D eigenvalue weighted by molar-refractivity contribution is 6.15. The van der Waals surface area contributed by atoms with Gasteiger partial charge in [-0.25, -0.2) is 0 Å². The van der Waals surface area contributed by atoms with Crippen molar-refractivity contribution >= 4 is 18.1 Å². The minimum absolute atomic E-state index is 0.455. The van der Waals surface area contributed by atoms with Crippen molar-refractivity contribution in [3.8, 4) is 0 Å². The summed E-state index contributed by atoms with van der Waals surface area (Å²) in [4.78, 5) is 4.40. The lowest BCUT2D eigenvalue weighted by Crippen LogP contribution is -1.95. The standard InChI is InChI=1S/C14H20N2/c1-10(2)12-6-5-7-13(11(3)4)14(12)16-9-8-15/h5-11,15H,1-4H3. The van der Waals surface area contributed by atoms with E-state index >= 15 is 0 Å². The first-order valence-corrected chi connectivity index (χ1v) is 5.73. The molecule has 1 aromatic carbocycles. The summed E-state index contributed by atoms with van der Waals surface area (Å²) < 4.78 is 0. The summed E-state index contributed by atoms with van der Waals surface area (Å²) in [5.41, 5.74) is 3.55. The molecular weight excluding hydrogens is 196 g/mol. The molecule has 0 atom stereocenters. The highest BCUT2D eigenvalue weighted by Gasteiger charge is 2.12. The molecule has 0 aliphatic heterocycles. The molecule has 1 rings (SSSR count). The molecular formula is C14H20N2. The second-order valence-corrected chi connectivity index (χ2v) is 4.54. The molecule has 0 unspecified atom stereocenters. The molecule has 0 saturated carbocycles. The van der Waals surface area contributed by atoms with Crippen molar-refractivity contribution in [3.63, 3.8) is 0 Å². The molecule has 86 valence electrons. The van der Waals surface area contributed by atoms with Gasteiger partial charge >= 0.3 is 0 Å². The molecule has 0 radical (unpaired) electrons. The van der Waals surface area contributed by atoms with Crippen LogP contribution < -0.4 is 0 Å². The SMILES string of the molecule is CC(C)c1cccc(C(C)C)c1N=CC=N. The van der Waals surface area contributed by atoms with E-state index in [4.69, 9.17) is 5.41 Å². The van der Waals surface area contributed by atoms with Gasteiger partial charge in [-0.05, 0) is 23.0 Å². The second kappa shape index (κ2) is 5.59. The van der Waals surface area contributed by atoms with Gasteiger partial charge in [0.05, 0.1) is 5.69 Å². The topological polar surface area (TPSA) is 36.2 Å². The van der Waals surface area contributed by atoms with Crippen molar-refractivity contribution < 1.29 is 0 Å². The van der Waals surface area contributed by atoms with Gasteiger partial charge in [-0.15, -0.1) is 0 Å². The number of aliphatic imine (C=N–C) groups is 1. The van der Waals surface area contributed by atoms with Crippen LogP contribution in [-0.4, -0.2) is 12.4 Å². The molecule has 0 bridgehead atoms. The Morgan fingerprint density at radius 2 is 1.56 bits per heavy atom. The van der Waals surface area contributed by atoms with E-state index in [1.807, 2.05) is 0 Å². The normalized spacial score (nSPS) is 11.6. The lowest BCUT2D eigenvalue weighted by Gasteiger charge is -2.15. The van der Waals surface area contributed by atoms with Gasteiger partial charge in [0, 0.05) is 12.4 Å². The van der Waals surface area contributed by atoms with E-state index in [0.717, 1.165) is 5.69 Å². The van der Waals surface area contributed by atoms with Crippen LogP contribution in [0.25, 0.3) is 0 Å². The maximum atomic E-state index is 7.03. The summed E-state index contributed by atoms with van der Waals surface area (Å²) in [6.45, 7) is 8.68. The Hall–Kier alpha value is -1.44. The zero-order chi connectivity index (χ0) is 12.1. The monoisotopic (exact) mass is 216 g/mol. The van der Waals surface area contributed by atoms with E-state index in [1.165, 1.54) is 17.3 Å². The van der Waals surface area contributed by atoms with Crippen LogP contribution in [0.1, 0.15) is 50.7 Å². The van der Waals surface area contributed by atoms with Crippen molar-refractivity contribution in [2.75, 3.05) is 0 Å². The molecule has 2 nitrogen and oxygen atoms in total. The van der Waals surface area contributed by atoms with Crippen molar-refractivity contribution in [1.82, 2.24) is 0 Å². The number of nitrogens with zero attached hydrogens (tertiary/aromatic N) is 1. The molecule has 0 heterocycles. The number of para-hydroxylation sites is 1. The van der Waals surface area contributed by atoms with Gasteiger partial charge in [0.1, 0.15) is 0 Å². The largest absolute Gasteiger partial charge is 0.307 e. The second-order valence-electron chi connectivity index (χ2n) is 4.54. The lowest BCUT2D eigenvalue weighted by atomic mass is 9.93. The summed E-state index contributed by atoms with van der Waals surface area (Å²) >= 11 is 0. The van der Waals surface area contributed by atoms with Crippen molar-refractivity contribution in [3.05, 3.63) is 29.3 Å². The fraction of sp³-hybridized carbons (Fsp3) is 0.429. The average molecular weight is 216 g/mol. The van der Waals surface area contributed by atoms with Gasteiger partial charge in [0.2, 0.25) is 0 Å². The Morgan fingerprint density at radius 1 is 1.06 bits per heavy atom. The first-order valence-electron chi connectivity index (χ1n) is 5.73. The summed E-state index contributed by atoms with van der Waals surface area (Å²) in [6.07, 6.45) is 2.77. The van der Waals surface area contributed by atoms with Gasteiger partial charge in [-0.2, -0.15) is 0 Å². The molecule has 1 N–H and O–H groups in total. The van der Waals surface area contributed by atoms with Gasteiger partial charge < -0.3 is 5.41 Å². The molecule has 0 spiro atoms. The highest BCUT2D eigenvalue weighted by Crippen LogP contribution is 2.34. The predicted octanol–water partition coefficient (Wildman–Crippen LogP) is 4.29. The number of hydrogen-bond donors (Lipinski definition) is 1. The molecule has 0 aromatic heterocycles. The van der Waals surface area contributed by atoms with E-state index < -0.39 is 0 Å². The van der Waals surface area contributed by atoms with Crippen molar-refractivity contribution in [1.29, 1.82) is 5.41 Å². The Bertz CT molecular complexity index is 363. The highest BCUT2D eigenvalue weighted by atomic mass is 14.7. The third-order valence-electron chi connectivity index (χ3n) is 2.62. The fourth-order valence-electron chi connectivity index (χ4n) is 1.77. The van der Waals surface area contributed by atoms with E-state index in [9.17, 15) is 0 Å². The van der Waals surface area contributed by atoms with Gasteiger partial charge in [0.15, 0.2) is 0 Å². The van der Waals surface area contributed by atoms with E-state index in [2.05, 4.69) is 50.9 Å². The lowest BCUT2D eigenvalue weighted by molar-refractivity contribution is 0.835. The van der Waals surface area contributed by atoms with Crippen LogP contribution in [0.2, 0.25) is 0 Å². The quantitative estimate of drug-likeness (QED) is 0.729. The van der Waals surface area contributed by atoms with Crippen LogP contribution in [-0.2, 0) is 0 Å². The Labute approximate surface area is 97.9 Å². The van der Waals surface area contributed by atoms with Crippen LogP contribution in [0, 0.1) is 5.41 Å². The summed E-state index contributed by atoms with van der Waals surface area (Å²) in [7, 11) is 0. The minimum Gasteiger partial charge on any atom is -0.307 e. The molecule has 0 fully saturated rings. The van der Waals surface area contributed by atoms with Crippen LogP contribution in [0.3, 0.4) is 0 Å². The third kappa shape index (κ3) is 2.78. The molecule has 16 heavy (non-hydrogen) atoms. The zero-order valence-electron chi connectivity index (χ0n) is 10.5.